The van der Waals surface area contributed by atoms with E-state index in [0.717, 1.165) is 10.4 Å². The van der Waals surface area contributed by atoms with Crippen LogP contribution in [0.25, 0.3) is 0 Å². The molecule has 2 atom stereocenters. The number of benzene rings is 2. The third kappa shape index (κ3) is 9.13. The molecule has 9 heteroatoms. The third-order valence-corrected chi connectivity index (χ3v) is 11.5. The lowest BCUT2D eigenvalue weighted by Gasteiger charge is -2.44. The lowest BCUT2D eigenvalue weighted by atomic mass is 9.92. The average molecular weight is 554 g/mol. The summed E-state index contributed by atoms with van der Waals surface area (Å²) in [4.78, 5) is 12.8. The molecule has 0 saturated heterocycles. The van der Waals surface area contributed by atoms with Crippen LogP contribution in [0.4, 0.5) is 18.0 Å². The number of carbonyl (C=O) groups excluding carboxylic acids is 1. The Balaban J connectivity index is 2.53. The fraction of sp³-hybridized carbons (Fsp3) is 0.552. The molecule has 2 N–H and O–H groups in total. The molecule has 2 aromatic rings. The smallest absolute Gasteiger partial charge is 0.407 e. The number of halogens is 3. The fourth-order valence-electron chi connectivity index (χ4n) is 4.79. The van der Waals surface area contributed by atoms with Gasteiger partial charge in [0, 0.05) is 13.0 Å². The minimum absolute atomic E-state index is 0.0327. The summed E-state index contributed by atoms with van der Waals surface area (Å²) in [7, 11) is -3.02. The lowest BCUT2D eigenvalue weighted by molar-refractivity contribution is -0.138. The Morgan fingerprint density at radius 3 is 1.79 bits per heavy atom. The van der Waals surface area contributed by atoms with Crippen molar-refractivity contribution in [2.75, 3.05) is 13.2 Å². The van der Waals surface area contributed by atoms with Gasteiger partial charge >= 0.3 is 12.3 Å². The van der Waals surface area contributed by atoms with E-state index in [9.17, 15) is 23.1 Å². The highest BCUT2D eigenvalue weighted by molar-refractivity contribution is 6.99. The molecule has 1 amide bonds. The molecule has 0 spiro atoms. The molecule has 0 aromatic heterocycles. The topological polar surface area (TPSA) is 67.8 Å². The monoisotopic (exact) mass is 553 g/mol. The van der Waals surface area contributed by atoms with Crippen LogP contribution >= 0.6 is 0 Å². The molecule has 2 aromatic carbocycles. The van der Waals surface area contributed by atoms with Gasteiger partial charge in [-0.1, -0.05) is 81.4 Å². The predicted octanol–water partition coefficient (Wildman–Crippen LogP) is 5.80. The number of alkyl carbamates (subject to hydrolysis) is 1. The molecular formula is C29H42F3NO4Si. The lowest BCUT2D eigenvalue weighted by Crippen LogP contribution is -2.67. The summed E-state index contributed by atoms with van der Waals surface area (Å²) >= 11 is 0. The second-order valence-electron chi connectivity index (χ2n) is 11.7. The zero-order valence-corrected chi connectivity index (χ0v) is 24.3. The van der Waals surface area contributed by atoms with Crippen molar-refractivity contribution in [3.05, 3.63) is 60.7 Å². The maximum absolute atomic E-state index is 13.2. The number of hydrogen-bond donors (Lipinski definition) is 2. The summed E-state index contributed by atoms with van der Waals surface area (Å²) < 4.78 is 51.9. The first-order chi connectivity index (χ1) is 17.6. The van der Waals surface area contributed by atoms with Crippen LogP contribution in [0, 0.1) is 5.92 Å². The van der Waals surface area contributed by atoms with Crippen LogP contribution in [-0.4, -0.2) is 50.6 Å². The number of ether oxygens (including phenoxy) is 1. The first-order valence-corrected chi connectivity index (χ1v) is 14.9. The molecule has 0 unspecified atom stereocenters. The molecule has 0 bridgehead atoms. The van der Waals surface area contributed by atoms with Gasteiger partial charge in [0.05, 0.1) is 12.6 Å². The Bertz CT molecular complexity index is 949. The van der Waals surface area contributed by atoms with Gasteiger partial charge in [-0.15, -0.1) is 0 Å². The Morgan fingerprint density at radius 2 is 1.39 bits per heavy atom. The van der Waals surface area contributed by atoms with Crippen LogP contribution in [-0.2, 0) is 9.16 Å². The van der Waals surface area contributed by atoms with Crippen LogP contribution < -0.4 is 15.7 Å². The van der Waals surface area contributed by atoms with E-state index in [0.29, 0.717) is 0 Å². The van der Waals surface area contributed by atoms with Gasteiger partial charge < -0.3 is 19.6 Å². The maximum Gasteiger partial charge on any atom is 0.407 e. The quantitative estimate of drug-likeness (QED) is 0.345. The molecule has 2 rings (SSSR count). The van der Waals surface area contributed by atoms with Crippen molar-refractivity contribution in [3.63, 3.8) is 0 Å². The van der Waals surface area contributed by atoms with Gasteiger partial charge in [0.2, 0.25) is 0 Å². The van der Waals surface area contributed by atoms with E-state index < -0.39 is 44.6 Å². The summed E-state index contributed by atoms with van der Waals surface area (Å²) in [6, 6.07) is 18.9. The van der Waals surface area contributed by atoms with Gasteiger partial charge in [-0.3, -0.25) is 0 Å². The molecule has 0 aliphatic rings. The van der Waals surface area contributed by atoms with Crippen LogP contribution in [0.1, 0.15) is 60.8 Å². The second kappa shape index (κ2) is 13.1. The minimum atomic E-state index is -4.36. The molecule has 0 aliphatic carbocycles. The second-order valence-corrected chi connectivity index (χ2v) is 16.0. The number of rotatable bonds is 11. The summed E-state index contributed by atoms with van der Waals surface area (Å²) in [6.45, 7) is 11.1. The molecule has 212 valence electrons. The molecule has 38 heavy (non-hydrogen) atoms. The Hall–Kier alpha value is -2.36. The zero-order chi connectivity index (χ0) is 28.6. The van der Waals surface area contributed by atoms with Crippen LogP contribution in [0.2, 0.25) is 5.04 Å². The van der Waals surface area contributed by atoms with E-state index in [-0.39, 0.29) is 31.1 Å². The van der Waals surface area contributed by atoms with Crippen LogP contribution in [0.5, 0.6) is 0 Å². The molecule has 0 fully saturated rings. The standard InChI is InChI=1S/C29H42F3NO4Si/c1-27(2,3)37-26(35)33-25(22(18-20-34)17-19-29(30,31)32)21-36-38(28(4,5)6,23-13-9-7-10-14-23)24-15-11-8-12-16-24/h7-16,22,25,34H,17-21H2,1-6H3,(H,33,35)/t22-,25+/m1/s1. The van der Waals surface area contributed by atoms with Gasteiger partial charge in [0.1, 0.15) is 5.60 Å². The number of amides is 1. The van der Waals surface area contributed by atoms with Gasteiger partial charge in [0.15, 0.2) is 0 Å². The minimum Gasteiger partial charge on any atom is -0.444 e. The van der Waals surface area contributed by atoms with Crippen molar-refractivity contribution in [1.82, 2.24) is 5.32 Å². The number of aliphatic hydroxyl groups is 1. The number of aliphatic hydroxyl groups excluding tert-OH is 1. The van der Waals surface area contributed by atoms with Crippen molar-refractivity contribution in [2.24, 2.45) is 5.92 Å². The van der Waals surface area contributed by atoms with Crippen molar-refractivity contribution in [1.29, 1.82) is 0 Å². The van der Waals surface area contributed by atoms with E-state index >= 15 is 0 Å². The predicted molar refractivity (Wildman–Crippen MR) is 147 cm³/mol. The van der Waals surface area contributed by atoms with Crippen molar-refractivity contribution >= 4 is 24.8 Å². The van der Waals surface area contributed by atoms with E-state index in [2.05, 4.69) is 26.1 Å². The Labute approximate surface area is 225 Å². The van der Waals surface area contributed by atoms with Gasteiger partial charge in [-0.05, 0) is 54.9 Å². The largest absolute Gasteiger partial charge is 0.444 e. The van der Waals surface area contributed by atoms with E-state index in [1.54, 1.807) is 20.8 Å². The SMILES string of the molecule is CC(C)(C)OC(=O)N[C@@H](CO[Si](c1ccccc1)(c1ccccc1)C(C)(C)C)[C@@H](CCO)CCC(F)(F)F. The number of hydrogen-bond acceptors (Lipinski definition) is 4. The summed E-state index contributed by atoms with van der Waals surface area (Å²) in [5.74, 6) is -0.674. The Morgan fingerprint density at radius 1 is 0.895 bits per heavy atom. The van der Waals surface area contributed by atoms with Crippen molar-refractivity contribution < 1.29 is 32.2 Å². The van der Waals surface area contributed by atoms with E-state index in [1.165, 1.54) is 0 Å². The third-order valence-electron chi connectivity index (χ3n) is 6.47. The molecule has 0 radical (unpaired) electrons. The number of carbonyl (C=O) groups is 1. The zero-order valence-electron chi connectivity index (χ0n) is 23.3. The first kappa shape index (κ1) is 31.9. The van der Waals surface area contributed by atoms with Crippen molar-refractivity contribution in [3.8, 4) is 0 Å². The van der Waals surface area contributed by atoms with Gasteiger partial charge in [-0.2, -0.15) is 13.2 Å². The Kier molecular flexibility index (Phi) is 11.0. The average Bonchev–Trinajstić information content (AvgIpc) is 2.80. The van der Waals surface area contributed by atoms with Crippen LogP contribution in [0.3, 0.4) is 0 Å². The normalized spacial score (nSPS) is 14.6. The van der Waals surface area contributed by atoms with E-state index in [1.807, 2.05) is 60.7 Å². The van der Waals surface area contributed by atoms with Gasteiger partial charge in [-0.25, -0.2) is 4.79 Å². The maximum atomic E-state index is 13.2. The molecule has 5 nitrogen and oxygen atoms in total. The van der Waals surface area contributed by atoms with Crippen LogP contribution in [0.15, 0.2) is 60.7 Å². The van der Waals surface area contributed by atoms with E-state index in [4.69, 9.17) is 9.16 Å². The molecular weight excluding hydrogens is 511 g/mol. The highest BCUT2D eigenvalue weighted by Crippen LogP contribution is 2.37. The molecule has 0 aliphatic heterocycles. The van der Waals surface area contributed by atoms with Gasteiger partial charge in [0.25, 0.3) is 8.32 Å². The molecule has 0 heterocycles. The summed E-state index contributed by atoms with van der Waals surface area (Å²) in [5.41, 5.74) is -0.786. The highest BCUT2D eigenvalue weighted by atomic mass is 28.4. The number of alkyl halides is 3. The molecule has 0 saturated carbocycles. The highest BCUT2D eigenvalue weighted by Gasteiger charge is 2.50. The van der Waals surface area contributed by atoms with Crippen molar-refractivity contribution in [2.45, 2.75) is 83.7 Å². The number of nitrogens with one attached hydrogen (secondary N) is 1. The first-order valence-electron chi connectivity index (χ1n) is 13.0. The summed E-state index contributed by atoms with van der Waals surface area (Å²) in [6.07, 6.45) is -6.29. The summed E-state index contributed by atoms with van der Waals surface area (Å²) in [5, 5.41) is 14.1. The fourth-order valence-corrected chi connectivity index (χ4v) is 9.38.